The van der Waals surface area contributed by atoms with E-state index in [0.717, 1.165) is 13.8 Å². The summed E-state index contributed by atoms with van der Waals surface area (Å²) in [5.41, 5.74) is 15.7. The number of aliphatic hydroxyl groups excluding tert-OH is 7. The Morgan fingerprint density at radius 3 is 0.846 bits per heavy atom. The quantitative estimate of drug-likeness (QED) is 0.0153. The number of carbonyl (C=O) groups excluding carboxylic acids is 21. The molecule has 57 heteroatoms. The summed E-state index contributed by atoms with van der Waals surface area (Å²) in [6, 6.07) is -22.0. The van der Waals surface area contributed by atoms with Crippen LogP contribution in [0, 0.1) is 5.41 Å². The van der Waals surface area contributed by atoms with Crippen LogP contribution in [0.1, 0.15) is 46.5 Å². The van der Waals surface area contributed by atoms with Crippen LogP contribution in [0.5, 0.6) is 0 Å². The number of carboxylic acid groups (broad SMARTS) is 2. The Kier molecular flexibility index (Phi) is 49.0. The van der Waals surface area contributed by atoms with Crippen LogP contribution >= 0.6 is 0 Å². The van der Waals surface area contributed by atoms with E-state index >= 15 is 0 Å². The van der Waals surface area contributed by atoms with E-state index in [0.29, 0.717) is 0 Å². The molecule has 21 amide bonds. The molecule has 0 heterocycles. The van der Waals surface area contributed by atoms with Crippen LogP contribution in [0.3, 0.4) is 0 Å². The highest BCUT2D eigenvalue weighted by atomic mass is 16.4. The zero-order valence-corrected chi connectivity index (χ0v) is 62.8. The number of carbonyl (C=O) groups is 23. The summed E-state index contributed by atoms with van der Waals surface area (Å²) in [7, 11) is 0. The van der Waals surface area contributed by atoms with E-state index in [1.165, 1.54) is 6.92 Å². The van der Waals surface area contributed by atoms with Gasteiger partial charge >= 0.3 is 11.9 Å². The normalized spacial score (nSPS) is 13.9. The Morgan fingerprint density at radius 1 is 0.282 bits per heavy atom. The van der Waals surface area contributed by atoms with Crippen molar-refractivity contribution in [2.75, 3.05) is 105 Å². The summed E-state index contributed by atoms with van der Waals surface area (Å²) in [5.74, 6) is -27.7. The monoisotopic (exact) mass is 1680 g/mol. The number of aliphatic hydroxyl groups is 7. The van der Waals surface area contributed by atoms with Crippen LogP contribution in [0.15, 0.2) is 0 Å². The molecule has 0 aromatic rings. The lowest BCUT2D eigenvalue weighted by Crippen LogP contribution is -2.59. The van der Waals surface area contributed by atoms with Crippen molar-refractivity contribution < 1.29 is 156 Å². The van der Waals surface area contributed by atoms with Crippen molar-refractivity contribution in [2.45, 2.75) is 125 Å². The van der Waals surface area contributed by atoms with Gasteiger partial charge in [0.1, 0.15) is 72.5 Å². The summed E-state index contributed by atoms with van der Waals surface area (Å²) in [6.07, 6.45) is -1.93. The Morgan fingerprint density at radius 2 is 0.530 bits per heavy atom. The molecule has 0 bridgehead atoms. The van der Waals surface area contributed by atoms with Crippen LogP contribution in [0.2, 0.25) is 0 Å². The fraction of sp³-hybridized carbons (Fsp3) is 0.600. The first-order chi connectivity index (χ1) is 54.9. The van der Waals surface area contributed by atoms with E-state index in [1.54, 1.807) is 0 Å². The van der Waals surface area contributed by atoms with E-state index in [9.17, 15) is 156 Å². The molecule has 57 nitrogen and oxygen atoms in total. The second-order valence-electron chi connectivity index (χ2n) is 24.4. The third-order valence-electron chi connectivity index (χ3n) is 14.8. The molecule has 0 spiro atoms. The minimum absolute atomic E-state index is 0.0809. The van der Waals surface area contributed by atoms with Gasteiger partial charge in [0.2, 0.25) is 124 Å². The molecule has 0 aromatic heterocycles. The van der Waals surface area contributed by atoms with Crippen molar-refractivity contribution in [1.29, 1.82) is 5.41 Å². The van der Waals surface area contributed by atoms with Crippen LogP contribution < -0.4 is 129 Å². The molecular weight excluding hydrogens is 1580 g/mol. The summed E-state index contributed by atoms with van der Waals surface area (Å²) < 4.78 is 0. The smallest absolute Gasteiger partial charge is 0.326 e. The molecule has 117 heavy (non-hydrogen) atoms. The molecule has 0 aliphatic rings. The zero-order chi connectivity index (χ0) is 89.4. The molecular formula is C60H99N25O32. The van der Waals surface area contributed by atoms with Gasteiger partial charge in [-0.3, -0.25) is 111 Å². The second-order valence-corrected chi connectivity index (χ2v) is 24.4. The first-order valence-corrected chi connectivity index (χ1v) is 34.5. The van der Waals surface area contributed by atoms with E-state index in [4.69, 9.17) is 22.6 Å². The van der Waals surface area contributed by atoms with Gasteiger partial charge in [-0.05, 0) is 33.6 Å². The molecule has 0 unspecified atom stereocenters. The zero-order valence-electron chi connectivity index (χ0n) is 62.8. The number of rotatable bonds is 56. The second kappa shape index (κ2) is 55.3. The molecule has 656 valence electrons. The summed E-state index contributed by atoms with van der Waals surface area (Å²) in [5, 5.41) is 138. The van der Waals surface area contributed by atoms with Gasteiger partial charge in [-0.25, -0.2) is 4.79 Å². The van der Waals surface area contributed by atoms with Crippen LogP contribution in [-0.4, -0.2) is 372 Å². The topological polar surface area (TPSA) is 929 Å². The number of hydrogen-bond donors (Lipinski definition) is 34. The van der Waals surface area contributed by atoms with E-state index < -0.39 is 326 Å². The SMILES string of the molecule is C[C@H](N)C(=O)N[C@@H](CC(N)=O)C(=O)N[C@@H](CO)C(=O)NCC(=O)N[C@@H](C)C(=O)NCC(=O)NCC(=O)N[C@@H](CO)C(=O)NCC(=O)NCC(=O)N[C@@H](CO)C(=O)N[C@@H](CO)C(=O)NCC(=O)N[C@@H](CO)C(=O)N[C@@H](CC(=O)O)C(=O)NCC(=O)N[C@@H](C)C(=O)N[C@@H](CO)C(=O)NCC(=O)N[C@@H](CO)C(=O)N[C@@H](CCCNC(=N)N)C(=O)O. The predicted octanol–water partition coefficient (Wildman–Crippen LogP) is -23.2. The average Bonchev–Trinajstić information content (AvgIpc) is 0.886. The molecule has 0 saturated heterocycles. The standard InChI is InChI=1S/C60H99N25O32/c1-24(61)47(104)81-28(7-37(62)93)55(112)84-32(19-88)53(110)71-14-40(96)74-25(2)48(105)68-9-38(94)66-11-42(98)76-30(17-86)51(108)69-10-39(95)67-12-43(99)77-36(23-92)58(115)85-33(20-89)54(111)73-16-45(101)79-35(22-91)57(114)82-29(8-46(102)103)50(107)70-13-41(97)75-26(3)49(106)83-31(18-87)52(109)72-15-44(100)78-34(21-90)56(113)80-27(59(116)117)5-4-6-65-60(63)64/h24-36,86-92H,4-23,61H2,1-3H3,(H2,62,93)(H,66,94)(H,67,95)(H,68,105)(H,69,108)(H,70,107)(H,71,110)(H,72,109)(H,73,111)(H,74,96)(H,75,97)(H,76,98)(H,77,99)(H,78,100)(H,79,101)(H,80,113)(H,81,104)(H,82,114)(H,83,106)(H,84,112)(H,85,115)(H,102,103)(H,116,117)(H4,63,64,65)/t24-,25-,26-,27-,28-,29-,30-,31-,32-,33-,34-,35-,36-/m0/s1. The van der Waals surface area contributed by atoms with Crippen LogP contribution in [-0.2, 0) is 110 Å². The minimum atomic E-state index is -2.05. The lowest BCUT2D eigenvalue weighted by atomic mass is 10.1. The largest absolute Gasteiger partial charge is 0.481 e. The van der Waals surface area contributed by atoms with Gasteiger partial charge in [-0.2, -0.15) is 0 Å². The summed E-state index contributed by atoms with van der Waals surface area (Å²) in [6.45, 7) is -11.7. The van der Waals surface area contributed by atoms with Crippen molar-refractivity contribution >= 4 is 142 Å². The summed E-state index contributed by atoms with van der Waals surface area (Å²) in [4.78, 5) is 288. The number of nitrogens with two attached hydrogens (primary N) is 3. The fourth-order valence-electron chi connectivity index (χ4n) is 8.58. The number of guanidine groups is 1. The Bertz CT molecular complexity index is 3570. The van der Waals surface area contributed by atoms with E-state index in [1.807, 2.05) is 58.5 Å². The maximum absolute atomic E-state index is 13.1. The van der Waals surface area contributed by atoms with Gasteiger partial charge in [-0.15, -0.1) is 0 Å². The first kappa shape index (κ1) is 104. The van der Waals surface area contributed by atoms with Gasteiger partial charge in [0.25, 0.3) is 0 Å². The Balaban J connectivity index is 5.16. The lowest BCUT2D eigenvalue weighted by Gasteiger charge is -2.22. The van der Waals surface area contributed by atoms with Crippen LogP contribution in [0.25, 0.3) is 0 Å². The summed E-state index contributed by atoms with van der Waals surface area (Å²) >= 11 is 0. The average molecular weight is 1680 g/mol. The third kappa shape index (κ3) is 43.0. The highest BCUT2D eigenvalue weighted by Crippen LogP contribution is 2.02. The van der Waals surface area contributed by atoms with Crippen molar-refractivity contribution in [1.82, 2.24) is 112 Å². The maximum atomic E-state index is 13.1. The van der Waals surface area contributed by atoms with Gasteiger partial charge < -0.3 is 175 Å². The van der Waals surface area contributed by atoms with E-state index in [-0.39, 0.29) is 25.3 Å². The molecule has 0 aromatic carbocycles. The minimum Gasteiger partial charge on any atom is -0.481 e. The number of nitrogens with one attached hydrogen (secondary N) is 22. The predicted molar refractivity (Wildman–Crippen MR) is 385 cm³/mol. The van der Waals surface area contributed by atoms with Gasteiger partial charge in [0.15, 0.2) is 5.96 Å². The molecule has 0 rings (SSSR count). The highest BCUT2D eigenvalue weighted by molar-refractivity contribution is 6.01. The number of hydrogen-bond acceptors (Lipinski definition) is 32. The van der Waals surface area contributed by atoms with Crippen molar-refractivity contribution in [2.24, 2.45) is 17.2 Å². The molecule has 37 N–H and O–H groups in total. The van der Waals surface area contributed by atoms with Gasteiger partial charge in [0.05, 0.1) is 117 Å². The van der Waals surface area contributed by atoms with Crippen molar-refractivity contribution in [3.05, 3.63) is 0 Å². The number of carboxylic acids is 2. The molecule has 0 saturated carbocycles. The third-order valence-corrected chi connectivity index (χ3v) is 14.8. The lowest BCUT2D eigenvalue weighted by molar-refractivity contribution is -0.143. The number of aliphatic carboxylic acids is 2. The Labute approximate surface area is 660 Å². The van der Waals surface area contributed by atoms with Gasteiger partial charge in [-0.1, -0.05) is 0 Å². The van der Waals surface area contributed by atoms with Crippen molar-refractivity contribution in [3.63, 3.8) is 0 Å². The van der Waals surface area contributed by atoms with E-state index in [2.05, 4.69) is 53.2 Å². The molecule has 0 aliphatic heterocycles. The number of amides is 21. The van der Waals surface area contributed by atoms with Crippen LogP contribution in [0.4, 0.5) is 0 Å². The number of primary amides is 1. The Hall–Kier alpha value is -13.2. The maximum Gasteiger partial charge on any atom is 0.326 e. The van der Waals surface area contributed by atoms with Crippen molar-refractivity contribution in [3.8, 4) is 0 Å². The first-order valence-electron chi connectivity index (χ1n) is 34.5. The molecule has 0 radical (unpaired) electrons. The molecule has 13 atom stereocenters. The highest BCUT2D eigenvalue weighted by Gasteiger charge is 2.34. The van der Waals surface area contributed by atoms with Gasteiger partial charge in [0, 0.05) is 6.54 Å². The molecule has 0 fully saturated rings. The fourth-order valence-corrected chi connectivity index (χ4v) is 8.58. The molecule has 0 aliphatic carbocycles.